The lowest BCUT2D eigenvalue weighted by Gasteiger charge is -2.06. The monoisotopic (exact) mass is 387 g/mol. The number of aromatic nitrogens is 3. The van der Waals surface area contributed by atoms with Gasteiger partial charge in [-0.1, -0.05) is 30.3 Å². The maximum absolute atomic E-state index is 5.96. The smallest absolute Gasteiger partial charge is 0.226 e. The van der Waals surface area contributed by atoms with Gasteiger partial charge in [0.05, 0.1) is 5.69 Å². The highest BCUT2D eigenvalue weighted by Crippen LogP contribution is 2.26. The number of nitrogen functional groups attached to an aromatic ring is 2. The third kappa shape index (κ3) is 4.35. The first kappa shape index (κ1) is 18.5. The minimum absolute atomic E-state index is 0.149. The van der Waals surface area contributed by atoms with Crippen LogP contribution in [0.4, 0.5) is 11.8 Å². The van der Waals surface area contributed by atoms with Gasteiger partial charge >= 0.3 is 0 Å². The van der Waals surface area contributed by atoms with Crippen molar-refractivity contribution in [3.05, 3.63) is 83.4 Å². The lowest BCUT2D eigenvalue weighted by molar-refractivity contribution is 0.306. The summed E-state index contributed by atoms with van der Waals surface area (Å²) < 4.78 is 11.8. The molecule has 7 heteroatoms. The summed E-state index contributed by atoms with van der Waals surface area (Å²) in [6.07, 6.45) is 2.06. The van der Waals surface area contributed by atoms with Crippen molar-refractivity contribution in [2.75, 3.05) is 11.5 Å². The summed E-state index contributed by atoms with van der Waals surface area (Å²) in [7, 11) is 0. The van der Waals surface area contributed by atoms with Gasteiger partial charge in [-0.3, -0.25) is 0 Å². The normalized spacial score (nSPS) is 10.8. The summed E-state index contributed by atoms with van der Waals surface area (Å²) in [5.74, 6) is 2.53. The van der Waals surface area contributed by atoms with Crippen LogP contribution in [0.2, 0.25) is 0 Å². The predicted molar refractivity (Wildman–Crippen MR) is 111 cm³/mol. The number of nitrogens with zero attached hydrogens (tertiary/aromatic N) is 3. The van der Waals surface area contributed by atoms with Crippen LogP contribution in [0.1, 0.15) is 22.6 Å². The fourth-order valence-corrected chi connectivity index (χ4v) is 2.89. The molecule has 0 aliphatic rings. The number of benzene rings is 2. The van der Waals surface area contributed by atoms with E-state index in [2.05, 4.69) is 15.0 Å². The number of hydrogen-bond acceptors (Lipinski definition) is 7. The second kappa shape index (κ2) is 8.02. The van der Waals surface area contributed by atoms with Crippen LogP contribution in [0.3, 0.4) is 0 Å². The van der Waals surface area contributed by atoms with Crippen molar-refractivity contribution >= 4 is 11.8 Å². The van der Waals surface area contributed by atoms with Gasteiger partial charge in [-0.2, -0.15) is 4.98 Å². The molecule has 0 aliphatic carbocycles. The van der Waals surface area contributed by atoms with Crippen LogP contribution in [0, 0.1) is 6.92 Å². The molecule has 0 spiro atoms. The molecule has 4 rings (SSSR count). The molecule has 29 heavy (non-hydrogen) atoms. The van der Waals surface area contributed by atoms with E-state index >= 15 is 0 Å². The highest BCUT2D eigenvalue weighted by Gasteiger charge is 2.14. The molecule has 0 saturated heterocycles. The zero-order chi connectivity index (χ0) is 20.2. The Hall–Kier alpha value is -3.87. The molecule has 4 N–H and O–H groups in total. The number of anilines is 2. The number of oxazole rings is 1. The van der Waals surface area contributed by atoms with Crippen LogP contribution in [-0.4, -0.2) is 15.0 Å². The minimum atomic E-state index is 0.149. The lowest BCUT2D eigenvalue weighted by Crippen LogP contribution is -2.04. The molecule has 0 saturated carbocycles. The van der Waals surface area contributed by atoms with E-state index in [1.165, 1.54) is 0 Å². The molecule has 0 unspecified atom stereocenters. The average molecular weight is 387 g/mol. The van der Waals surface area contributed by atoms with E-state index in [0.29, 0.717) is 30.5 Å². The SMILES string of the molecule is Cc1nc(-c2ccc(OCc3ccccc3)cc2)oc1Cc1cnc(N)nc1N. The van der Waals surface area contributed by atoms with Crippen LogP contribution < -0.4 is 16.2 Å². The lowest BCUT2D eigenvalue weighted by atomic mass is 10.1. The average Bonchev–Trinajstić information content (AvgIpc) is 3.10. The van der Waals surface area contributed by atoms with E-state index in [1.807, 2.05) is 61.5 Å². The fourth-order valence-electron chi connectivity index (χ4n) is 2.89. The van der Waals surface area contributed by atoms with Gasteiger partial charge in [0.25, 0.3) is 0 Å². The molecule has 0 aliphatic heterocycles. The van der Waals surface area contributed by atoms with E-state index in [0.717, 1.165) is 28.1 Å². The Kier molecular flexibility index (Phi) is 5.11. The Balaban J connectivity index is 1.46. The van der Waals surface area contributed by atoms with Crippen molar-refractivity contribution in [2.45, 2.75) is 20.0 Å². The number of ether oxygens (including phenoxy) is 1. The number of aryl methyl sites for hydroxylation is 1. The van der Waals surface area contributed by atoms with Gasteiger partial charge in [-0.25, -0.2) is 9.97 Å². The van der Waals surface area contributed by atoms with Gasteiger partial charge in [0.2, 0.25) is 11.8 Å². The van der Waals surface area contributed by atoms with Gasteiger partial charge in [-0.15, -0.1) is 0 Å². The summed E-state index contributed by atoms with van der Waals surface area (Å²) in [5.41, 5.74) is 15.0. The number of nitrogens with two attached hydrogens (primary N) is 2. The Labute approximate surface area is 168 Å². The predicted octanol–water partition coefficient (Wildman–Crippen LogP) is 3.77. The van der Waals surface area contributed by atoms with E-state index in [1.54, 1.807) is 6.20 Å². The second-order valence-corrected chi connectivity index (χ2v) is 6.64. The van der Waals surface area contributed by atoms with Gasteiger partial charge in [0.1, 0.15) is 23.9 Å². The molecule has 0 atom stereocenters. The second-order valence-electron chi connectivity index (χ2n) is 6.64. The third-order valence-corrected chi connectivity index (χ3v) is 4.51. The number of hydrogen-bond donors (Lipinski definition) is 2. The molecule has 0 radical (unpaired) electrons. The molecule has 0 fully saturated rings. The zero-order valence-corrected chi connectivity index (χ0v) is 16.0. The maximum atomic E-state index is 5.96. The number of rotatable bonds is 6. The van der Waals surface area contributed by atoms with Gasteiger partial charge in [0.15, 0.2) is 0 Å². The molecular formula is C22H21N5O2. The summed E-state index contributed by atoms with van der Waals surface area (Å²) in [5, 5.41) is 0. The summed E-state index contributed by atoms with van der Waals surface area (Å²) in [6, 6.07) is 17.7. The van der Waals surface area contributed by atoms with E-state index in [4.69, 9.17) is 20.6 Å². The van der Waals surface area contributed by atoms with Crippen molar-refractivity contribution in [1.29, 1.82) is 0 Å². The van der Waals surface area contributed by atoms with Crippen LogP contribution in [0.5, 0.6) is 5.75 Å². The summed E-state index contributed by atoms with van der Waals surface area (Å²) in [6.45, 7) is 2.42. The molecule has 0 amide bonds. The van der Waals surface area contributed by atoms with Crippen molar-refractivity contribution in [3.63, 3.8) is 0 Å². The summed E-state index contributed by atoms with van der Waals surface area (Å²) in [4.78, 5) is 12.5. The van der Waals surface area contributed by atoms with Gasteiger partial charge in [0, 0.05) is 23.7 Å². The van der Waals surface area contributed by atoms with Gasteiger partial charge in [-0.05, 0) is 36.8 Å². The fraction of sp³-hybridized carbons (Fsp3) is 0.136. The quantitative estimate of drug-likeness (QED) is 0.517. The molecule has 0 bridgehead atoms. The van der Waals surface area contributed by atoms with Crippen LogP contribution in [0.15, 0.2) is 65.2 Å². The maximum Gasteiger partial charge on any atom is 0.226 e. The van der Waals surface area contributed by atoms with Crippen molar-refractivity contribution < 1.29 is 9.15 Å². The van der Waals surface area contributed by atoms with Crippen molar-refractivity contribution in [2.24, 2.45) is 0 Å². The first-order valence-corrected chi connectivity index (χ1v) is 9.19. The van der Waals surface area contributed by atoms with E-state index < -0.39 is 0 Å². The van der Waals surface area contributed by atoms with Crippen LogP contribution >= 0.6 is 0 Å². The summed E-state index contributed by atoms with van der Waals surface area (Å²) >= 11 is 0. The van der Waals surface area contributed by atoms with E-state index in [-0.39, 0.29) is 5.95 Å². The Morgan fingerprint density at radius 3 is 2.45 bits per heavy atom. The zero-order valence-electron chi connectivity index (χ0n) is 16.0. The highest BCUT2D eigenvalue weighted by atomic mass is 16.5. The Morgan fingerprint density at radius 2 is 1.72 bits per heavy atom. The molecule has 146 valence electrons. The molecule has 4 aromatic rings. The topological polar surface area (TPSA) is 113 Å². The Bertz CT molecular complexity index is 1110. The molecule has 2 aromatic carbocycles. The molecule has 2 aromatic heterocycles. The van der Waals surface area contributed by atoms with Crippen LogP contribution in [0.25, 0.3) is 11.5 Å². The largest absolute Gasteiger partial charge is 0.489 e. The van der Waals surface area contributed by atoms with Gasteiger partial charge < -0.3 is 20.6 Å². The Morgan fingerprint density at radius 1 is 0.966 bits per heavy atom. The van der Waals surface area contributed by atoms with Crippen LogP contribution in [-0.2, 0) is 13.0 Å². The van der Waals surface area contributed by atoms with E-state index in [9.17, 15) is 0 Å². The van der Waals surface area contributed by atoms with Crippen molar-refractivity contribution in [1.82, 2.24) is 15.0 Å². The molecule has 2 heterocycles. The third-order valence-electron chi connectivity index (χ3n) is 4.51. The van der Waals surface area contributed by atoms with Crippen molar-refractivity contribution in [3.8, 4) is 17.2 Å². The molecule has 7 nitrogen and oxygen atoms in total. The standard InChI is InChI=1S/C22H21N5O2/c1-14-19(11-17-12-25-22(24)27-20(17)23)29-21(26-14)16-7-9-18(10-8-16)28-13-15-5-3-2-4-6-15/h2-10,12H,11,13H2,1H3,(H4,23,24,25,27). The first-order valence-electron chi connectivity index (χ1n) is 9.19. The highest BCUT2D eigenvalue weighted by molar-refractivity contribution is 5.55. The minimum Gasteiger partial charge on any atom is -0.489 e. The first-order chi connectivity index (χ1) is 14.1. The molecular weight excluding hydrogens is 366 g/mol.